The Morgan fingerprint density at radius 1 is 1.36 bits per heavy atom. The Morgan fingerprint density at radius 2 is 2.14 bits per heavy atom. The maximum absolute atomic E-state index is 10.9. The molecular formula is C11H21NO2. The molecule has 0 aromatic heterocycles. The van der Waals surface area contributed by atoms with E-state index in [1.807, 2.05) is 6.92 Å². The smallest absolute Gasteiger partial charge is 0.324 e. The van der Waals surface area contributed by atoms with E-state index in [-0.39, 0.29) is 5.97 Å². The zero-order chi connectivity index (χ0) is 10.4. The minimum Gasteiger partial charge on any atom is -0.368 e. The number of rotatable bonds is 7. The maximum Gasteiger partial charge on any atom is 0.324 e. The van der Waals surface area contributed by atoms with Gasteiger partial charge in [-0.1, -0.05) is 39.5 Å². The molecule has 3 heteroatoms. The van der Waals surface area contributed by atoms with Crippen LogP contribution in [0.4, 0.5) is 0 Å². The first-order chi connectivity index (χ1) is 6.77. The SMILES string of the molecule is CCCCCCC1CN1OC(=O)CC. The van der Waals surface area contributed by atoms with E-state index in [9.17, 15) is 4.79 Å². The fourth-order valence-electron chi connectivity index (χ4n) is 1.51. The van der Waals surface area contributed by atoms with Gasteiger partial charge in [-0.2, -0.15) is 0 Å². The molecule has 0 bridgehead atoms. The fourth-order valence-corrected chi connectivity index (χ4v) is 1.51. The van der Waals surface area contributed by atoms with E-state index in [0.29, 0.717) is 12.5 Å². The van der Waals surface area contributed by atoms with E-state index in [1.165, 1.54) is 32.1 Å². The van der Waals surface area contributed by atoms with Gasteiger partial charge in [0.2, 0.25) is 0 Å². The topological polar surface area (TPSA) is 29.3 Å². The lowest BCUT2D eigenvalue weighted by molar-refractivity contribution is -0.167. The summed E-state index contributed by atoms with van der Waals surface area (Å²) in [5, 5.41) is 1.80. The number of carbonyl (C=O) groups is 1. The van der Waals surface area contributed by atoms with Crippen LogP contribution in [-0.2, 0) is 9.63 Å². The first-order valence-electron chi connectivity index (χ1n) is 5.75. The van der Waals surface area contributed by atoms with Gasteiger partial charge in [-0.15, -0.1) is 5.06 Å². The van der Waals surface area contributed by atoms with Gasteiger partial charge in [-0.25, -0.2) is 0 Å². The largest absolute Gasteiger partial charge is 0.368 e. The normalized spacial score (nSPS) is 24.7. The maximum atomic E-state index is 10.9. The van der Waals surface area contributed by atoms with E-state index in [4.69, 9.17) is 4.84 Å². The molecule has 0 aromatic rings. The van der Waals surface area contributed by atoms with Crippen molar-refractivity contribution in [2.24, 2.45) is 0 Å². The van der Waals surface area contributed by atoms with Crippen molar-refractivity contribution in [3.63, 3.8) is 0 Å². The molecule has 1 aliphatic rings. The van der Waals surface area contributed by atoms with Crippen LogP contribution in [0.25, 0.3) is 0 Å². The van der Waals surface area contributed by atoms with Crippen molar-refractivity contribution in [2.75, 3.05) is 6.54 Å². The van der Waals surface area contributed by atoms with Gasteiger partial charge < -0.3 is 4.84 Å². The minimum atomic E-state index is -0.110. The lowest BCUT2D eigenvalue weighted by Crippen LogP contribution is -2.10. The van der Waals surface area contributed by atoms with Crippen molar-refractivity contribution < 1.29 is 9.63 Å². The second-order valence-electron chi connectivity index (χ2n) is 3.92. The van der Waals surface area contributed by atoms with Crippen LogP contribution in [0.2, 0.25) is 0 Å². The van der Waals surface area contributed by atoms with Gasteiger partial charge >= 0.3 is 5.97 Å². The lowest BCUT2D eigenvalue weighted by Gasteiger charge is -2.03. The van der Waals surface area contributed by atoms with Gasteiger partial charge in [0.15, 0.2) is 0 Å². The molecule has 14 heavy (non-hydrogen) atoms. The van der Waals surface area contributed by atoms with Crippen LogP contribution in [0, 0.1) is 0 Å². The van der Waals surface area contributed by atoms with Crippen molar-refractivity contribution in [2.45, 2.75) is 58.4 Å². The first kappa shape index (κ1) is 11.5. The zero-order valence-corrected chi connectivity index (χ0v) is 9.29. The van der Waals surface area contributed by atoms with Crippen molar-refractivity contribution in [1.29, 1.82) is 0 Å². The number of carbonyl (C=O) groups excluding carboxylic acids is 1. The van der Waals surface area contributed by atoms with Crippen LogP contribution in [-0.4, -0.2) is 23.6 Å². The molecule has 0 aliphatic carbocycles. The highest BCUT2D eigenvalue weighted by molar-refractivity contribution is 5.68. The summed E-state index contributed by atoms with van der Waals surface area (Å²) in [6, 6.07) is 0.516. The fraction of sp³-hybridized carbons (Fsp3) is 0.909. The van der Waals surface area contributed by atoms with E-state index in [2.05, 4.69) is 6.92 Å². The standard InChI is InChI=1S/C11H21NO2/c1-3-5-6-7-8-10-9-12(10)14-11(13)4-2/h10H,3-9H2,1-2H3. The summed E-state index contributed by atoms with van der Waals surface area (Å²) >= 11 is 0. The Kier molecular flexibility index (Phi) is 4.94. The molecular weight excluding hydrogens is 178 g/mol. The quantitative estimate of drug-likeness (QED) is 0.466. The molecule has 1 fully saturated rings. The molecule has 3 nitrogen and oxygen atoms in total. The highest BCUT2D eigenvalue weighted by Gasteiger charge is 2.36. The van der Waals surface area contributed by atoms with E-state index in [1.54, 1.807) is 5.06 Å². The van der Waals surface area contributed by atoms with Gasteiger partial charge in [-0.05, 0) is 6.42 Å². The van der Waals surface area contributed by atoms with E-state index in [0.717, 1.165) is 6.54 Å². The number of hydrogen-bond acceptors (Lipinski definition) is 3. The average molecular weight is 199 g/mol. The predicted octanol–water partition coefficient (Wildman–Crippen LogP) is 2.51. The van der Waals surface area contributed by atoms with Crippen molar-refractivity contribution in [3.05, 3.63) is 0 Å². The summed E-state index contributed by atoms with van der Waals surface area (Å²) in [6.07, 6.45) is 6.82. The third-order valence-corrected chi connectivity index (χ3v) is 2.56. The molecule has 1 rings (SSSR count). The Balaban J connectivity index is 1.95. The molecule has 0 amide bonds. The van der Waals surface area contributed by atoms with Crippen LogP contribution >= 0.6 is 0 Å². The second kappa shape index (κ2) is 6.02. The third kappa shape index (κ3) is 4.09. The summed E-state index contributed by atoms with van der Waals surface area (Å²) in [7, 11) is 0. The molecule has 2 unspecified atom stereocenters. The Labute approximate surface area is 86.4 Å². The minimum absolute atomic E-state index is 0.110. The molecule has 82 valence electrons. The highest BCUT2D eigenvalue weighted by Crippen LogP contribution is 2.24. The molecule has 0 N–H and O–H groups in total. The summed E-state index contributed by atoms with van der Waals surface area (Å²) in [5.74, 6) is -0.110. The van der Waals surface area contributed by atoms with Crippen LogP contribution in [0.5, 0.6) is 0 Å². The van der Waals surface area contributed by atoms with Crippen LogP contribution < -0.4 is 0 Å². The first-order valence-corrected chi connectivity index (χ1v) is 5.75. The number of hydrogen-bond donors (Lipinski definition) is 0. The number of hydroxylamine groups is 2. The molecule has 1 aliphatic heterocycles. The lowest BCUT2D eigenvalue weighted by atomic mass is 10.1. The van der Waals surface area contributed by atoms with Gasteiger partial charge in [0.1, 0.15) is 0 Å². The summed E-state index contributed by atoms with van der Waals surface area (Å²) in [4.78, 5) is 16.0. The molecule has 1 saturated heterocycles. The summed E-state index contributed by atoms with van der Waals surface area (Å²) in [5.41, 5.74) is 0. The average Bonchev–Trinajstić information content (AvgIpc) is 2.91. The van der Waals surface area contributed by atoms with Crippen molar-refractivity contribution in [1.82, 2.24) is 5.06 Å². The van der Waals surface area contributed by atoms with Crippen LogP contribution in [0.1, 0.15) is 52.4 Å². The molecule has 0 saturated carbocycles. The Bertz CT molecular complexity index is 182. The Morgan fingerprint density at radius 3 is 2.79 bits per heavy atom. The van der Waals surface area contributed by atoms with E-state index >= 15 is 0 Å². The van der Waals surface area contributed by atoms with E-state index < -0.39 is 0 Å². The molecule has 0 aromatic carbocycles. The van der Waals surface area contributed by atoms with Crippen molar-refractivity contribution >= 4 is 5.97 Å². The molecule has 1 heterocycles. The van der Waals surface area contributed by atoms with Gasteiger partial charge in [-0.3, -0.25) is 4.79 Å². The monoisotopic (exact) mass is 199 g/mol. The van der Waals surface area contributed by atoms with Gasteiger partial charge in [0, 0.05) is 6.42 Å². The van der Waals surface area contributed by atoms with Crippen LogP contribution in [0.15, 0.2) is 0 Å². The van der Waals surface area contributed by atoms with Gasteiger partial charge in [0.25, 0.3) is 0 Å². The second-order valence-corrected chi connectivity index (χ2v) is 3.92. The summed E-state index contributed by atoms with van der Waals surface area (Å²) < 4.78 is 0. The third-order valence-electron chi connectivity index (χ3n) is 2.56. The highest BCUT2D eigenvalue weighted by atomic mass is 16.7. The number of unbranched alkanes of at least 4 members (excludes halogenated alkanes) is 3. The molecule has 2 atom stereocenters. The van der Waals surface area contributed by atoms with Crippen molar-refractivity contribution in [3.8, 4) is 0 Å². The van der Waals surface area contributed by atoms with Crippen LogP contribution in [0.3, 0.4) is 0 Å². The number of nitrogens with zero attached hydrogens (tertiary/aromatic N) is 1. The predicted molar refractivity (Wildman–Crippen MR) is 55.6 cm³/mol. The Hall–Kier alpha value is -0.570. The van der Waals surface area contributed by atoms with Gasteiger partial charge in [0.05, 0.1) is 12.6 Å². The summed E-state index contributed by atoms with van der Waals surface area (Å²) in [6.45, 7) is 4.98. The zero-order valence-electron chi connectivity index (χ0n) is 9.29. The molecule has 0 spiro atoms. The molecule has 0 radical (unpaired) electrons.